The maximum atomic E-state index is 12.9. The summed E-state index contributed by atoms with van der Waals surface area (Å²) in [6.07, 6.45) is 3.57. The molecule has 0 N–H and O–H groups in total. The van der Waals surface area contributed by atoms with Gasteiger partial charge in [-0.15, -0.1) is 0 Å². The van der Waals surface area contributed by atoms with E-state index in [4.69, 9.17) is 0 Å². The second kappa shape index (κ2) is 5.63. The number of nitrogens with zero attached hydrogens (tertiary/aromatic N) is 4. The van der Waals surface area contributed by atoms with Crippen LogP contribution in [0.3, 0.4) is 0 Å². The molecule has 6 nitrogen and oxygen atoms in total. The number of hydrogen-bond donors (Lipinski definition) is 0. The summed E-state index contributed by atoms with van der Waals surface area (Å²) in [7, 11) is 1.68. The summed E-state index contributed by atoms with van der Waals surface area (Å²) in [6.45, 7) is 0.712. The molecule has 4 rings (SSSR count). The Hall–Kier alpha value is -2.89. The number of carbonyl (C=O) groups excluding carboxylic acids is 1. The van der Waals surface area contributed by atoms with Crippen LogP contribution in [0.1, 0.15) is 12.0 Å². The Morgan fingerprint density at radius 2 is 2.04 bits per heavy atom. The van der Waals surface area contributed by atoms with Crippen molar-refractivity contribution in [3.63, 3.8) is 0 Å². The van der Waals surface area contributed by atoms with Gasteiger partial charge in [0.1, 0.15) is 6.54 Å². The van der Waals surface area contributed by atoms with E-state index in [1.165, 1.54) is 14.7 Å². The van der Waals surface area contributed by atoms with Gasteiger partial charge in [0.25, 0.3) is 0 Å². The van der Waals surface area contributed by atoms with Gasteiger partial charge in [-0.3, -0.25) is 13.9 Å². The summed E-state index contributed by atoms with van der Waals surface area (Å²) >= 11 is 0. The molecule has 0 fully saturated rings. The number of hydrogen-bond acceptors (Lipinski definition) is 3. The minimum atomic E-state index is -0.220. The minimum absolute atomic E-state index is 0.0240. The highest BCUT2D eigenvalue weighted by atomic mass is 16.2. The van der Waals surface area contributed by atoms with E-state index < -0.39 is 0 Å². The standard InChI is InChI=1S/C18H18N4O2/c1-20-17-15(9-4-10-19-17)22(18(20)24)12-16(23)21-11-5-7-13-6-2-3-8-14(13)21/h2-4,6,8-10H,5,7,11-12H2,1H3. The van der Waals surface area contributed by atoms with Crippen molar-refractivity contribution < 1.29 is 4.79 Å². The third kappa shape index (κ3) is 2.22. The van der Waals surface area contributed by atoms with Crippen molar-refractivity contribution in [2.24, 2.45) is 7.05 Å². The van der Waals surface area contributed by atoms with E-state index in [2.05, 4.69) is 11.1 Å². The van der Waals surface area contributed by atoms with Crippen molar-refractivity contribution in [2.75, 3.05) is 11.4 Å². The third-order valence-corrected chi connectivity index (χ3v) is 4.60. The molecular weight excluding hydrogens is 304 g/mol. The summed E-state index contributed by atoms with van der Waals surface area (Å²) in [5, 5.41) is 0. The lowest BCUT2D eigenvalue weighted by Gasteiger charge is -2.29. The molecule has 1 aromatic carbocycles. The van der Waals surface area contributed by atoms with Crippen LogP contribution in [0.5, 0.6) is 0 Å². The van der Waals surface area contributed by atoms with E-state index in [-0.39, 0.29) is 18.1 Å². The van der Waals surface area contributed by atoms with Crippen LogP contribution in [-0.2, 0) is 24.8 Å². The first-order valence-electron chi connectivity index (χ1n) is 8.05. The Kier molecular flexibility index (Phi) is 3.45. The van der Waals surface area contributed by atoms with Crippen LogP contribution >= 0.6 is 0 Å². The Bertz CT molecular complexity index is 986. The molecule has 3 aromatic rings. The molecule has 0 bridgehead atoms. The highest BCUT2D eigenvalue weighted by Gasteiger charge is 2.24. The number of benzene rings is 1. The summed E-state index contributed by atoms with van der Waals surface area (Å²) in [6, 6.07) is 11.6. The van der Waals surface area contributed by atoms with Crippen LogP contribution in [0.4, 0.5) is 5.69 Å². The average molecular weight is 322 g/mol. The maximum absolute atomic E-state index is 12.9. The summed E-state index contributed by atoms with van der Waals surface area (Å²) in [4.78, 5) is 31.4. The molecular formula is C18H18N4O2. The molecule has 6 heteroatoms. The quantitative estimate of drug-likeness (QED) is 0.722. The van der Waals surface area contributed by atoms with Crippen molar-refractivity contribution in [3.05, 3.63) is 58.6 Å². The maximum Gasteiger partial charge on any atom is 0.330 e. The topological polar surface area (TPSA) is 60.1 Å². The molecule has 0 unspecified atom stereocenters. The molecule has 0 radical (unpaired) electrons. The zero-order valence-electron chi connectivity index (χ0n) is 13.5. The lowest BCUT2D eigenvalue weighted by Crippen LogP contribution is -2.39. The molecule has 3 heterocycles. The molecule has 1 amide bonds. The molecule has 24 heavy (non-hydrogen) atoms. The first kappa shape index (κ1) is 14.7. The van der Waals surface area contributed by atoms with E-state index in [0.29, 0.717) is 17.7 Å². The number of para-hydroxylation sites is 1. The van der Waals surface area contributed by atoms with Gasteiger partial charge in [0.05, 0.1) is 5.52 Å². The van der Waals surface area contributed by atoms with Gasteiger partial charge in [-0.1, -0.05) is 18.2 Å². The van der Waals surface area contributed by atoms with Crippen molar-refractivity contribution in [3.8, 4) is 0 Å². The van der Waals surface area contributed by atoms with E-state index in [0.717, 1.165) is 18.5 Å². The van der Waals surface area contributed by atoms with Gasteiger partial charge >= 0.3 is 5.69 Å². The SMILES string of the molecule is Cn1c(=O)n(CC(=O)N2CCCc3ccccc32)c2cccnc21. The highest BCUT2D eigenvalue weighted by Crippen LogP contribution is 2.27. The molecule has 122 valence electrons. The van der Waals surface area contributed by atoms with Gasteiger partial charge < -0.3 is 4.90 Å². The third-order valence-electron chi connectivity index (χ3n) is 4.60. The second-order valence-electron chi connectivity index (χ2n) is 6.05. The summed E-state index contributed by atoms with van der Waals surface area (Å²) in [5.74, 6) is -0.0689. The molecule has 1 aliphatic heterocycles. The van der Waals surface area contributed by atoms with E-state index in [9.17, 15) is 9.59 Å². The number of rotatable bonds is 2. The van der Waals surface area contributed by atoms with Crippen molar-refractivity contribution >= 4 is 22.8 Å². The number of aromatic nitrogens is 3. The molecule has 0 aliphatic carbocycles. The smallest absolute Gasteiger partial charge is 0.311 e. The molecule has 0 spiro atoms. The Balaban J connectivity index is 1.72. The van der Waals surface area contributed by atoms with E-state index >= 15 is 0 Å². The fourth-order valence-electron chi connectivity index (χ4n) is 3.40. The number of pyridine rings is 1. The van der Waals surface area contributed by atoms with Gasteiger partial charge in [0.2, 0.25) is 5.91 Å². The molecule has 0 saturated heterocycles. The van der Waals surface area contributed by atoms with Crippen LogP contribution in [0.2, 0.25) is 0 Å². The van der Waals surface area contributed by atoms with Crippen molar-refractivity contribution in [1.82, 2.24) is 14.1 Å². The first-order valence-corrected chi connectivity index (χ1v) is 8.05. The second-order valence-corrected chi connectivity index (χ2v) is 6.05. The summed E-state index contributed by atoms with van der Waals surface area (Å²) < 4.78 is 2.98. The van der Waals surface area contributed by atoms with Crippen LogP contribution in [-0.4, -0.2) is 26.6 Å². The van der Waals surface area contributed by atoms with Crippen LogP contribution < -0.4 is 10.6 Å². The van der Waals surface area contributed by atoms with Crippen molar-refractivity contribution in [1.29, 1.82) is 0 Å². The number of aryl methyl sites for hydroxylation is 2. The van der Waals surface area contributed by atoms with Crippen LogP contribution in [0.15, 0.2) is 47.4 Å². The Morgan fingerprint density at radius 3 is 2.92 bits per heavy atom. The zero-order chi connectivity index (χ0) is 16.7. The first-order chi connectivity index (χ1) is 11.7. The Labute approximate surface area is 139 Å². The molecule has 2 aromatic heterocycles. The van der Waals surface area contributed by atoms with Gasteiger partial charge in [0, 0.05) is 25.5 Å². The molecule has 1 aliphatic rings. The van der Waals surface area contributed by atoms with E-state index in [1.807, 2.05) is 24.3 Å². The van der Waals surface area contributed by atoms with Crippen molar-refractivity contribution in [2.45, 2.75) is 19.4 Å². The number of fused-ring (bicyclic) bond motifs is 2. The highest BCUT2D eigenvalue weighted by molar-refractivity contribution is 5.95. The van der Waals surface area contributed by atoms with Gasteiger partial charge in [-0.2, -0.15) is 0 Å². The predicted molar refractivity (Wildman–Crippen MR) is 92.1 cm³/mol. The Morgan fingerprint density at radius 1 is 1.21 bits per heavy atom. The van der Waals surface area contributed by atoms with Crippen LogP contribution in [0.25, 0.3) is 11.2 Å². The molecule has 0 atom stereocenters. The largest absolute Gasteiger partial charge is 0.330 e. The lowest BCUT2D eigenvalue weighted by molar-refractivity contribution is -0.119. The number of imidazole rings is 1. The average Bonchev–Trinajstić information content (AvgIpc) is 2.86. The monoisotopic (exact) mass is 322 g/mol. The van der Waals surface area contributed by atoms with E-state index in [1.54, 1.807) is 24.2 Å². The van der Waals surface area contributed by atoms with Gasteiger partial charge in [0.15, 0.2) is 5.65 Å². The van der Waals surface area contributed by atoms with Crippen LogP contribution in [0, 0.1) is 0 Å². The number of carbonyl (C=O) groups is 1. The summed E-state index contributed by atoms with van der Waals surface area (Å²) in [5.41, 5.74) is 3.20. The minimum Gasteiger partial charge on any atom is -0.311 e. The van der Waals surface area contributed by atoms with Gasteiger partial charge in [-0.25, -0.2) is 9.78 Å². The fourth-order valence-corrected chi connectivity index (χ4v) is 3.40. The predicted octanol–water partition coefficient (Wildman–Crippen LogP) is 1.71. The lowest BCUT2D eigenvalue weighted by atomic mass is 10.0. The fraction of sp³-hybridized carbons (Fsp3) is 0.278. The van der Waals surface area contributed by atoms with Gasteiger partial charge in [-0.05, 0) is 36.6 Å². The molecule has 0 saturated carbocycles. The number of amides is 1. The number of anilines is 1. The zero-order valence-corrected chi connectivity index (χ0v) is 13.5. The normalized spacial score (nSPS) is 14.0.